The third-order valence-corrected chi connectivity index (χ3v) is 4.49. The van der Waals surface area contributed by atoms with Crippen LogP contribution in [0.1, 0.15) is 6.42 Å². The van der Waals surface area contributed by atoms with Crippen molar-refractivity contribution < 1.29 is 18.7 Å². The second kappa shape index (κ2) is 8.56. The number of carbonyl (C=O) groups excluding carboxylic acids is 1. The Kier molecular flexibility index (Phi) is 5.94. The summed E-state index contributed by atoms with van der Waals surface area (Å²) in [5.74, 6) is 1.14. The van der Waals surface area contributed by atoms with Crippen LogP contribution in [0, 0.1) is 11.7 Å². The molecule has 1 aliphatic rings. The van der Waals surface area contributed by atoms with Crippen LogP contribution in [0.5, 0.6) is 11.5 Å². The van der Waals surface area contributed by atoms with Crippen LogP contribution in [-0.4, -0.2) is 39.3 Å². The number of rotatable bonds is 7. The van der Waals surface area contributed by atoms with Crippen LogP contribution in [0.15, 0.2) is 48.5 Å². The molecule has 1 fully saturated rings. The number of amides is 1. The van der Waals surface area contributed by atoms with E-state index in [4.69, 9.17) is 9.47 Å². The first-order chi connectivity index (χ1) is 12.7. The first kappa shape index (κ1) is 18.0. The molecule has 0 saturated carbocycles. The molecule has 0 bridgehead atoms. The molecule has 2 aromatic carbocycles. The van der Waals surface area contributed by atoms with Crippen LogP contribution in [0.25, 0.3) is 0 Å². The van der Waals surface area contributed by atoms with Gasteiger partial charge in [0.2, 0.25) is 0 Å². The summed E-state index contributed by atoms with van der Waals surface area (Å²) in [4.78, 5) is 14.2. The van der Waals surface area contributed by atoms with Crippen LogP contribution < -0.4 is 19.7 Å². The second-order valence-corrected chi connectivity index (χ2v) is 6.32. The Labute approximate surface area is 152 Å². The second-order valence-electron chi connectivity index (χ2n) is 6.32. The number of para-hydroxylation sites is 2. The molecule has 138 valence electrons. The smallest absolute Gasteiger partial charge is 0.257 e. The first-order valence-electron chi connectivity index (χ1n) is 8.68. The molecule has 0 spiro atoms. The van der Waals surface area contributed by atoms with Crippen molar-refractivity contribution in [2.24, 2.45) is 5.92 Å². The number of hydrogen-bond acceptors (Lipinski definition) is 4. The highest BCUT2D eigenvalue weighted by Crippen LogP contribution is 2.26. The van der Waals surface area contributed by atoms with Gasteiger partial charge in [-0.1, -0.05) is 12.1 Å². The molecule has 0 radical (unpaired) electrons. The van der Waals surface area contributed by atoms with Crippen molar-refractivity contribution in [3.8, 4) is 11.5 Å². The highest BCUT2D eigenvalue weighted by Gasteiger charge is 2.23. The summed E-state index contributed by atoms with van der Waals surface area (Å²) in [6, 6.07) is 13.8. The number of nitrogens with zero attached hydrogens (tertiary/aromatic N) is 1. The van der Waals surface area contributed by atoms with Gasteiger partial charge in [0.05, 0.1) is 7.11 Å². The van der Waals surface area contributed by atoms with Crippen molar-refractivity contribution in [3.63, 3.8) is 0 Å². The van der Waals surface area contributed by atoms with Gasteiger partial charge in [-0.2, -0.15) is 0 Å². The van der Waals surface area contributed by atoms with Gasteiger partial charge in [-0.05, 0) is 48.7 Å². The minimum Gasteiger partial charge on any atom is -0.493 e. The van der Waals surface area contributed by atoms with Gasteiger partial charge in [0.15, 0.2) is 18.1 Å². The van der Waals surface area contributed by atoms with E-state index >= 15 is 0 Å². The highest BCUT2D eigenvalue weighted by atomic mass is 19.1. The normalized spacial score (nSPS) is 16.4. The molecule has 1 heterocycles. The average molecular weight is 358 g/mol. The lowest BCUT2D eigenvalue weighted by Gasteiger charge is -2.19. The molecule has 1 amide bonds. The van der Waals surface area contributed by atoms with Gasteiger partial charge in [-0.25, -0.2) is 4.39 Å². The predicted molar refractivity (Wildman–Crippen MR) is 98.2 cm³/mol. The maximum Gasteiger partial charge on any atom is 0.257 e. The SMILES string of the molecule is COc1ccccc1OCC(=O)NCC1CCN(c2ccc(F)cc2)C1. The molecule has 0 aromatic heterocycles. The molecular formula is C20H23FN2O3. The largest absolute Gasteiger partial charge is 0.493 e. The maximum atomic E-state index is 13.0. The molecule has 26 heavy (non-hydrogen) atoms. The van der Waals surface area contributed by atoms with E-state index in [1.165, 1.54) is 12.1 Å². The van der Waals surface area contributed by atoms with Gasteiger partial charge in [0, 0.05) is 25.3 Å². The number of methoxy groups -OCH3 is 1. The van der Waals surface area contributed by atoms with Gasteiger partial charge >= 0.3 is 0 Å². The summed E-state index contributed by atoms with van der Waals surface area (Å²) < 4.78 is 23.7. The average Bonchev–Trinajstić information content (AvgIpc) is 3.14. The lowest BCUT2D eigenvalue weighted by atomic mass is 10.1. The summed E-state index contributed by atoms with van der Waals surface area (Å²) in [6.45, 7) is 2.31. The molecule has 1 N–H and O–H groups in total. The van der Waals surface area contributed by atoms with Crippen molar-refractivity contribution in [2.75, 3.05) is 38.3 Å². The third-order valence-electron chi connectivity index (χ3n) is 4.49. The molecule has 1 saturated heterocycles. The van der Waals surface area contributed by atoms with Crippen molar-refractivity contribution in [2.45, 2.75) is 6.42 Å². The van der Waals surface area contributed by atoms with E-state index in [2.05, 4.69) is 10.2 Å². The fourth-order valence-corrected chi connectivity index (χ4v) is 3.08. The van der Waals surface area contributed by atoms with Gasteiger partial charge in [0.1, 0.15) is 5.82 Å². The number of ether oxygens (including phenoxy) is 2. The molecule has 1 unspecified atom stereocenters. The van der Waals surface area contributed by atoms with Crippen molar-refractivity contribution in [1.82, 2.24) is 5.32 Å². The van der Waals surface area contributed by atoms with Crippen molar-refractivity contribution >= 4 is 11.6 Å². The zero-order chi connectivity index (χ0) is 18.4. The Morgan fingerprint density at radius 3 is 2.65 bits per heavy atom. The van der Waals surface area contributed by atoms with E-state index in [-0.39, 0.29) is 18.3 Å². The molecular weight excluding hydrogens is 335 g/mol. The monoisotopic (exact) mass is 358 g/mol. The Morgan fingerprint density at radius 1 is 1.19 bits per heavy atom. The highest BCUT2D eigenvalue weighted by molar-refractivity contribution is 5.77. The number of hydrogen-bond donors (Lipinski definition) is 1. The summed E-state index contributed by atoms with van der Waals surface area (Å²) >= 11 is 0. The van der Waals surface area contributed by atoms with Crippen LogP contribution in [-0.2, 0) is 4.79 Å². The lowest BCUT2D eigenvalue weighted by Crippen LogP contribution is -2.34. The van der Waals surface area contributed by atoms with E-state index in [1.54, 1.807) is 31.4 Å². The fourth-order valence-electron chi connectivity index (χ4n) is 3.08. The first-order valence-corrected chi connectivity index (χ1v) is 8.68. The minimum absolute atomic E-state index is 0.0469. The topological polar surface area (TPSA) is 50.8 Å². The van der Waals surface area contributed by atoms with Gasteiger partial charge in [0.25, 0.3) is 5.91 Å². The van der Waals surface area contributed by atoms with Crippen LogP contribution >= 0.6 is 0 Å². The van der Waals surface area contributed by atoms with E-state index in [9.17, 15) is 9.18 Å². The van der Waals surface area contributed by atoms with Crippen LogP contribution in [0.4, 0.5) is 10.1 Å². The van der Waals surface area contributed by atoms with E-state index in [0.717, 1.165) is 25.2 Å². The summed E-state index contributed by atoms with van der Waals surface area (Å²) in [5, 5.41) is 2.92. The Bertz CT molecular complexity index is 736. The van der Waals surface area contributed by atoms with Crippen LogP contribution in [0.3, 0.4) is 0 Å². The number of nitrogens with one attached hydrogen (secondary N) is 1. The van der Waals surface area contributed by atoms with Crippen molar-refractivity contribution in [1.29, 1.82) is 0 Å². The number of carbonyl (C=O) groups is 1. The van der Waals surface area contributed by atoms with Gasteiger partial charge in [-0.15, -0.1) is 0 Å². The third kappa shape index (κ3) is 4.65. The molecule has 1 atom stereocenters. The minimum atomic E-state index is -0.230. The number of halogens is 1. The summed E-state index contributed by atoms with van der Waals surface area (Å²) in [6.07, 6.45) is 0.991. The lowest BCUT2D eigenvalue weighted by molar-refractivity contribution is -0.123. The maximum absolute atomic E-state index is 13.0. The molecule has 0 aliphatic carbocycles. The van der Waals surface area contributed by atoms with Crippen LogP contribution in [0.2, 0.25) is 0 Å². The van der Waals surface area contributed by atoms with Gasteiger partial charge in [-0.3, -0.25) is 4.79 Å². The van der Waals surface area contributed by atoms with E-state index in [1.807, 2.05) is 12.1 Å². The zero-order valence-corrected chi connectivity index (χ0v) is 14.8. The van der Waals surface area contributed by atoms with Gasteiger partial charge < -0.3 is 19.7 Å². The molecule has 2 aromatic rings. The van der Waals surface area contributed by atoms with Crippen molar-refractivity contribution in [3.05, 3.63) is 54.3 Å². The Balaban J connectivity index is 1.41. The number of anilines is 1. The molecule has 5 nitrogen and oxygen atoms in total. The summed E-state index contributed by atoms with van der Waals surface area (Å²) in [7, 11) is 1.56. The Morgan fingerprint density at radius 2 is 1.92 bits per heavy atom. The molecule has 3 rings (SSSR count). The molecule has 6 heteroatoms. The summed E-state index contributed by atoms with van der Waals surface area (Å²) in [5.41, 5.74) is 1.01. The standard InChI is InChI=1S/C20H23FN2O3/c1-25-18-4-2-3-5-19(18)26-14-20(24)22-12-15-10-11-23(13-15)17-8-6-16(21)7-9-17/h2-9,15H,10-14H2,1H3,(H,22,24). The Hall–Kier alpha value is -2.76. The number of benzene rings is 2. The predicted octanol–water partition coefficient (Wildman–Crippen LogP) is 2.86. The fraction of sp³-hybridized carbons (Fsp3) is 0.350. The van der Waals surface area contributed by atoms with E-state index in [0.29, 0.717) is 24.0 Å². The quantitative estimate of drug-likeness (QED) is 0.827. The zero-order valence-electron chi connectivity index (χ0n) is 14.8. The van der Waals surface area contributed by atoms with E-state index < -0.39 is 0 Å². The molecule has 1 aliphatic heterocycles.